The van der Waals surface area contributed by atoms with Crippen LogP contribution in [0.25, 0.3) is 5.57 Å². The molecular formula is C12H13FO. The average molecular weight is 192 g/mol. The summed E-state index contributed by atoms with van der Waals surface area (Å²) >= 11 is 0. The summed E-state index contributed by atoms with van der Waals surface area (Å²) in [6.07, 6.45) is 4.09. The van der Waals surface area contributed by atoms with Gasteiger partial charge in [0.25, 0.3) is 0 Å². The third kappa shape index (κ3) is 2.02. The Labute approximate surface area is 82.9 Å². The van der Waals surface area contributed by atoms with Gasteiger partial charge in [-0.1, -0.05) is 18.2 Å². The third-order valence-corrected chi connectivity index (χ3v) is 2.49. The van der Waals surface area contributed by atoms with Crippen molar-refractivity contribution in [3.8, 4) is 0 Å². The molecule has 74 valence electrons. The van der Waals surface area contributed by atoms with Gasteiger partial charge < -0.3 is 5.11 Å². The van der Waals surface area contributed by atoms with Crippen LogP contribution in [0, 0.1) is 11.7 Å². The van der Waals surface area contributed by atoms with Crippen LogP contribution in [0.2, 0.25) is 0 Å². The SMILES string of the molecule is OC/C=C(\c1cccc(F)c1)C1CC1. The van der Waals surface area contributed by atoms with Crippen LogP contribution in [-0.2, 0) is 0 Å². The van der Waals surface area contributed by atoms with Gasteiger partial charge in [-0.3, -0.25) is 0 Å². The normalized spacial score (nSPS) is 17.1. The molecule has 1 aliphatic carbocycles. The van der Waals surface area contributed by atoms with Gasteiger partial charge in [0.1, 0.15) is 5.82 Å². The van der Waals surface area contributed by atoms with Crippen LogP contribution < -0.4 is 0 Å². The summed E-state index contributed by atoms with van der Waals surface area (Å²) in [6.45, 7) is 0.0301. The van der Waals surface area contributed by atoms with Crippen molar-refractivity contribution in [1.29, 1.82) is 0 Å². The van der Waals surface area contributed by atoms with E-state index >= 15 is 0 Å². The maximum absolute atomic E-state index is 13.0. The van der Waals surface area contributed by atoms with Gasteiger partial charge in [0.2, 0.25) is 0 Å². The molecule has 1 N–H and O–H groups in total. The predicted molar refractivity (Wildman–Crippen MR) is 54.2 cm³/mol. The zero-order valence-electron chi connectivity index (χ0n) is 7.91. The second-order valence-electron chi connectivity index (χ2n) is 3.63. The molecule has 0 atom stereocenters. The molecule has 1 aliphatic rings. The van der Waals surface area contributed by atoms with Gasteiger partial charge in [-0.15, -0.1) is 0 Å². The van der Waals surface area contributed by atoms with Crippen molar-refractivity contribution in [2.24, 2.45) is 5.92 Å². The first-order chi connectivity index (χ1) is 6.81. The molecule has 2 heteroatoms. The Morgan fingerprint density at radius 3 is 2.86 bits per heavy atom. The van der Waals surface area contributed by atoms with E-state index in [1.54, 1.807) is 12.1 Å². The molecule has 0 saturated heterocycles. The molecule has 1 aromatic rings. The molecule has 1 saturated carbocycles. The summed E-state index contributed by atoms with van der Waals surface area (Å²) in [5.41, 5.74) is 1.99. The molecule has 0 heterocycles. The van der Waals surface area contributed by atoms with E-state index in [2.05, 4.69) is 0 Å². The van der Waals surface area contributed by atoms with Gasteiger partial charge in [0.05, 0.1) is 6.61 Å². The molecule has 0 spiro atoms. The zero-order valence-corrected chi connectivity index (χ0v) is 7.91. The fourth-order valence-corrected chi connectivity index (χ4v) is 1.68. The highest BCUT2D eigenvalue weighted by molar-refractivity contribution is 5.69. The second-order valence-corrected chi connectivity index (χ2v) is 3.63. The summed E-state index contributed by atoms with van der Waals surface area (Å²) in [4.78, 5) is 0. The van der Waals surface area contributed by atoms with E-state index in [4.69, 9.17) is 5.11 Å². The Morgan fingerprint density at radius 2 is 2.29 bits per heavy atom. The molecule has 1 nitrogen and oxygen atoms in total. The molecule has 14 heavy (non-hydrogen) atoms. The van der Waals surface area contributed by atoms with E-state index in [1.165, 1.54) is 12.1 Å². The topological polar surface area (TPSA) is 20.2 Å². The molecule has 0 bridgehead atoms. The van der Waals surface area contributed by atoms with Crippen LogP contribution >= 0.6 is 0 Å². The minimum atomic E-state index is -0.216. The average Bonchev–Trinajstić information content (AvgIpc) is 2.97. The van der Waals surface area contributed by atoms with E-state index in [9.17, 15) is 4.39 Å². The molecule has 0 aromatic heterocycles. The van der Waals surface area contributed by atoms with Crippen LogP contribution in [0.1, 0.15) is 18.4 Å². The molecule has 0 amide bonds. The number of aliphatic hydroxyl groups is 1. The fourth-order valence-electron chi connectivity index (χ4n) is 1.68. The van der Waals surface area contributed by atoms with Crippen LogP contribution in [-0.4, -0.2) is 11.7 Å². The van der Waals surface area contributed by atoms with Gasteiger partial charge in [-0.25, -0.2) is 4.39 Å². The number of benzene rings is 1. The Kier molecular flexibility index (Phi) is 2.64. The lowest BCUT2D eigenvalue weighted by molar-refractivity contribution is 0.343. The maximum atomic E-state index is 13.0. The second kappa shape index (κ2) is 3.93. The van der Waals surface area contributed by atoms with E-state index in [-0.39, 0.29) is 12.4 Å². The number of allylic oxidation sites excluding steroid dienone is 1. The van der Waals surface area contributed by atoms with E-state index in [0.717, 1.165) is 24.0 Å². The van der Waals surface area contributed by atoms with E-state index < -0.39 is 0 Å². The number of hydrogen-bond acceptors (Lipinski definition) is 1. The number of hydrogen-bond donors (Lipinski definition) is 1. The van der Waals surface area contributed by atoms with Gasteiger partial charge in [-0.05, 0) is 42.0 Å². The van der Waals surface area contributed by atoms with Crippen molar-refractivity contribution >= 4 is 5.57 Å². The Morgan fingerprint density at radius 1 is 1.50 bits per heavy atom. The Bertz CT molecular complexity index is 353. The maximum Gasteiger partial charge on any atom is 0.123 e. The molecule has 0 aliphatic heterocycles. The molecular weight excluding hydrogens is 179 g/mol. The Hall–Kier alpha value is -1.15. The van der Waals surface area contributed by atoms with Gasteiger partial charge in [-0.2, -0.15) is 0 Å². The van der Waals surface area contributed by atoms with Crippen molar-refractivity contribution in [1.82, 2.24) is 0 Å². The monoisotopic (exact) mass is 192 g/mol. The first-order valence-electron chi connectivity index (χ1n) is 4.88. The van der Waals surface area contributed by atoms with Crippen LogP contribution in [0.5, 0.6) is 0 Å². The summed E-state index contributed by atoms with van der Waals surface area (Å²) in [7, 11) is 0. The molecule has 1 aromatic carbocycles. The van der Waals surface area contributed by atoms with E-state index in [1.807, 2.05) is 6.07 Å². The molecule has 0 unspecified atom stereocenters. The van der Waals surface area contributed by atoms with Crippen molar-refractivity contribution < 1.29 is 9.50 Å². The minimum absolute atomic E-state index is 0.0301. The summed E-state index contributed by atoms with van der Waals surface area (Å²) in [6, 6.07) is 6.56. The standard InChI is InChI=1S/C12H13FO/c13-11-3-1-2-10(8-11)12(6-7-14)9-4-5-9/h1-3,6,8-9,14H,4-5,7H2/b12-6-. The predicted octanol–water partition coefficient (Wildman–Crippen LogP) is 2.61. The van der Waals surface area contributed by atoms with Gasteiger partial charge in [0.15, 0.2) is 0 Å². The zero-order chi connectivity index (χ0) is 9.97. The molecule has 0 radical (unpaired) electrons. The Balaban J connectivity index is 2.30. The van der Waals surface area contributed by atoms with Crippen molar-refractivity contribution in [3.05, 3.63) is 41.7 Å². The quantitative estimate of drug-likeness (QED) is 0.780. The van der Waals surface area contributed by atoms with E-state index in [0.29, 0.717) is 5.92 Å². The lowest BCUT2D eigenvalue weighted by atomic mass is 10.0. The largest absolute Gasteiger partial charge is 0.392 e. The first kappa shape index (κ1) is 9.41. The number of aliphatic hydroxyl groups excluding tert-OH is 1. The lowest BCUT2D eigenvalue weighted by Crippen LogP contribution is -1.90. The highest BCUT2D eigenvalue weighted by atomic mass is 19.1. The first-order valence-corrected chi connectivity index (χ1v) is 4.88. The smallest absolute Gasteiger partial charge is 0.123 e. The summed E-state index contributed by atoms with van der Waals surface area (Å²) in [5.74, 6) is 0.316. The highest BCUT2D eigenvalue weighted by Crippen LogP contribution is 2.41. The number of halogens is 1. The fraction of sp³-hybridized carbons (Fsp3) is 0.333. The van der Waals surface area contributed by atoms with Crippen LogP contribution in [0.15, 0.2) is 30.3 Å². The molecule has 1 fully saturated rings. The van der Waals surface area contributed by atoms with Gasteiger partial charge >= 0.3 is 0 Å². The molecule has 2 rings (SSSR count). The third-order valence-electron chi connectivity index (χ3n) is 2.49. The lowest BCUT2D eigenvalue weighted by Gasteiger charge is -2.05. The van der Waals surface area contributed by atoms with Crippen molar-refractivity contribution in [3.63, 3.8) is 0 Å². The van der Waals surface area contributed by atoms with Crippen molar-refractivity contribution in [2.75, 3.05) is 6.61 Å². The highest BCUT2D eigenvalue weighted by Gasteiger charge is 2.26. The van der Waals surface area contributed by atoms with Gasteiger partial charge in [0, 0.05) is 0 Å². The summed E-state index contributed by atoms with van der Waals surface area (Å²) < 4.78 is 13.0. The minimum Gasteiger partial charge on any atom is -0.392 e. The summed E-state index contributed by atoms with van der Waals surface area (Å²) in [5, 5.41) is 8.87. The van der Waals surface area contributed by atoms with Crippen LogP contribution in [0.4, 0.5) is 4.39 Å². The number of rotatable bonds is 3. The van der Waals surface area contributed by atoms with Crippen molar-refractivity contribution in [2.45, 2.75) is 12.8 Å². The van der Waals surface area contributed by atoms with Crippen LogP contribution in [0.3, 0.4) is 0 Å².